The van der Waals surface area contributed by atoms with Crippen LogP contribution in [0.15, 0.2) is 48.9 Å². The third kappa shape index (κ3) is 4.40. The van der Waals surface area contributed by atoms with Gasteiger partial charge in [0.05, 0.1) is 37.6 Å². The van der Waals surface area contributed by atoms with Gasteiger partial charge in [0.25, 0.3) is 5.91 Å². The summed E-state index contributed by atoms with van der Waals surface area (Å²) in [7, 11) is 1.58. The molecular formula is C29H31FN8O2. The lowest BCUT2D eigenvalue weighted by Crippen LogP contribution is -2.50. The molecule has 206 valence electrons. The normalized spacial score (nSPS) is 19.5. The first kappa shape index (κ1) is 24.8. The van der Waals surface area contributed by atoms with Crippen molar-refractivity contribution in [3.63, 3.8) is 0 Å². The van der Waals surface area contributed by atoms with Crippen molar-refractivity contribution >= 4 is 28.0 Å². The van der Waals surface area contributed by atoms with Crippen LogP contribution in [-0.2, 0) is 13.1 Å². The van der Waals surface area contributed by atoms with E-state index in [1.165, 1.54) is 17.7 Å². The minimum atomic E-state index is -1.14. The second kappa shape index (κ2) is 9.74. The van der Waals surface area contributed by atoms with Gasteiger partial charge in [0, 0.05) is 48.0 Å². The average molecular weight is 543 g/mol. The molecule has 0 radical (unpaired) electrons. The van der Waals surface area contributed by atoms with Crippen LogP contribution in [0.5, 0.6) is 5.75 Å². The summed E-state index contributed by atoms with van der Waals surface area (Å²) in [6.07, 6.45) is 6.99. The summed E-state index contributed by atoms with van der Waals surface area (Å²) in [6, 6.07) is 9.24. The second-order valence-electron chi connectivity index (χ2n) is 11.0. The zero-order valence-electron chi connectivity index (χ0n) is 22.3. The van der Waals surface area contributed by atoms with Gasteiger partial charge in [0.2, 0.25) is 0 Å². The minimum Gasteiger partial charge on any atom is -0.494 e. The number of imidazole rings is 1. The fourth-order valence-electron chi connectivity index (χ4n) is 5.84. The Kier molecular flexibility index (Phi) is 6.03. The molecule has 2 aliphatic rings. The summed E-state index contributed by atoms with van der Waals surface area (Å²) in [5, 5.41) is 8.07. The number of nitrogens with zero attached hydrogens (tertiary/aromatic N) is 6. The number of H-pyrrole nitrogens is 1. The molecule has 1 saturated carbocycles. The van der Waals surface area contributed by atoms with Crippen molar-refractivity contribution < 1.29 is 13.9 Å². The van der Waals surface area contributed by atoms with Crippen LogP contribution in [0.2, 0.25) is 0 Å². The van der Waals surface area contributed by atoms with Crippen molar-refractivity contribution in [2.45, 2.75) is 44.6 Å². The summed E-state index contributed by atoms with van der Waals surface area (Å²) >= 11 is 0. The van der Waals surface area contributed by atoms with Crippen LogP contribution in [0.3, 0.4) is 0 Å². The number of hydrogen-bond donors (Lipinski definition) is 2. The zero-order chi connectivity index (χ0) is 27.4. The molecule has 4 aromatic heterocycles. The van der Waals surface area contributed by atoms with Crippen molar-refractivity contribution in [3.8, 4) is 17.3 Å². The van der Waals surface area contributed by atoms with Gasteiger partial charge in [0.15, 0.2) is 5.82 Å². The third-order valence-corrected chi connectivity index (χ3v) is 7.91. The van der Waals surface area contributed by atoms with Crippen LogP contribution in [0.25, 0.3) is 33.6 Å². The molecule has 1 aliphatic heterocycles. The number of fused-ring (bicyclic) bond motifs is 2. The number of carbonyl (C=O) groups is 1. The van der Waals surface area contributed by atoms with Gasteiger partial charge in [-0.3, -0.25) is 9.89 Å². The molecule has 0 spiro atoms. The summed E-state index contributed by atoms with van der Waals surface area (Å²) in [4.78, 5) is 24.8. The van der Waals surface area contributed by atoms with E-state index in [1.54, 1.807) is 25.4 Å². The largest absolute Gasteiger partial charge is 0.494 e. The number of carbonyl (C=O) groups excluding carboxylic acids is 1. The number of alkyl halides is 1. The number of amides is 1. The van der Waals surface area contributed by atoms with Crippen LogP contribution in [0, 0.1) is 5.92 Å². The Morgan fingerprint density at radius 1 is 1.23 bits per heavy atom. The first-order valence-corrected chi connectivity index (χ1v) is 13.7. The summed E-state index contributed by atoms with van der Waals surface area (Å²) in [5.74, 6) is 1.61. The molecule has 40 heavy (non-hydrogen) atoms. The van der Waals surface area contributed by atoms with E-state index in [0.29, 0.717) is 35.8 Å². The Hall–Kier alpha value is -4.25. The maximum atomic E-state index is 14.3. The van der Waals surface area contributed by atoms with E-state index >= 15 is 0 Å². The highest BCUT2D eigenvalue weighted by Crippen LogP contribution is 2.38. The molecule has 2 atom stereocenters. The molecule has 1 amide bonds. The van der Waals surface area contributed by atoms with E-state index in [9.17, 15) is 9.18 Å². The van der Waals surface area contributed by atoms with E-state index in [2.05, 4.69) is 31.5 Å². The number of likely N-dealkylation sites (tertiary alicyclic amines) is 1. The number of rotatable bonds is 7. The highest BCUT2D eigenvalue weighted by atomic mass is 19.1. The number of hydrogen-bond acceptors (Lipinski definition) is 6. The highest BCUT2D eigenvalue weighted by molar-refractivity contribution is 6.00. The Bertz CT molecular complexity index is 1690. The summed E-state index contributed by atoms with van der Waals surface area (Å²) in [5.41, 5.74) is 10.7. The molecule has 7 rings (SSSR count). The van der Waals surface area contributed by atoms with E-state index in [0.717, 1.165) is 40.2 Å². The number of pyridine rings is 1. The molecule has 5 heterocycles. The fraction of sp³-hybridized carbons (Fsp3) is 0.379. The highest BCUT2D eigenvalue weighted by Gasteiger charge is 2.31. The Morgan fingerprint density at radius 3 is 2.85 bits per heavy atom. The third-order valence-electron chi connectivity index (χ3n) is 7.91. The number of piperidine rings is 1. The standard InChI is InChI=1S/C29H31FN8O2/c1-40-25-9-20(29(39)36-15-21(30)10-22(31)16-36)7-23-26(25)38(14-18-11-33-34-12-18)28(35-23)24-8-19-3-2-6-32-27(19)37(24)13-17-4-5-17/h2-3,6-9,11-12,17,21-22H,4-5,10,13-16,31H2,1H3,(H,33,34)/t21-,22-/m1/s1. The lowest BCUT2D eigenvalue weighted by Gasteiger charge is -2.33. The van der Waals surface area contributed by atoms with E-state index in [-0.39, 0.29) is 24.9 Å². The number of methoxy groups -OCH3 is 1. The van der Waals surface area contributed by atoms with Crippen molar-refractivity contribution in [3.05, 3.63) is 60.0 Å². The molecular weight excluding hydrogens is 511 g/mol. The molecule has 1 aromatic carbocycles. The predicted molar refractivity (Wildman–Crippen MR) is 149 cm³/mol. The average Bonchev–Trinajstić information content (AvgIpc) is 3.32. The number of ether oxygens (including phenoxy) is 1. The van der Waals surface area contributed by atoms with Gasteiger partial charge in [0.1, 0.15) is 23.1 Å². The maximum absolute atomic E-state index is 14.3. The molecule has 3 N–H and O–H groups in total. The van der Waals surface area contributed by atoms with Crippen molar-refractivity contribution in [2.75, 3.05) is 20.2 Å². The monoisotopic (exact) mass is 542 g/mol. The van der Waals surface area contributed by atoms with Crippen LogP contribution in [0.1, 0.15) is 35.2 Å². The molecule has 5 aromatic rings. The fourth-order valence-corrected chi connectivity index (χ4v) is 5.84. The van der Waals surface area contributed by atoms with Crippen molar-refractivity contribution in [2.24, 2.45) is 11.7 Å². The molecule has 1 saturated heterocycles. The first-order chi connectivity index (χ1) is 19.5. The molecule has 0 unspecified atom stereocenters. The van der Waals surface area contributed by atoms with Crippen molar-refractivity contribution in [1.29, 1.82) is 0 Å². The number of nitrogens with one attached hydrogen (secondary N) is 1. The van der Waals surface area contributed by atoms with Crippen molar-refractivity contribution in [1.82, 2.24) is 34.2 Å². The smallest absolute Gasteiger partial charge is 0.254 e. The van der Waals surface area contributed by atoms with E-state index < -0.39 is 6.17 Å². The van der Waals surface area contributed by atoms with Crippen LogP contribution >= 0.6 is 0 Å². The van der Waals surface area contributed by atoms with E-state index in [4.69, 9.17) is 20.4 Å². The van der Waals surface area contributed by atoms with Gasteiger partial charge in [-0.2, -0.15) is 5.10 Å². The Balaban J connectivity index is 1.41. The second-order valence-corrected chi connectivity index (χ2v) is 11.0. The molecule has 0 bridgehead atoms. The van der Waals surface area contributed by atoms with Gasteiger partial charge in [-0.05, 0) is 55.5 Å². The number of benzene rings is 1. The molecule has 2 fully saturated rings. The minimum absolute atomic E-state index is 0.0291. The lowest BCUT2D eigenvalue weighted by molar-refractivity contribution is 0.0606. The van der Waals surface area contributed by atoms with Gasteiger partial charge in [-0.25, -0.2) is 14.4 Å². The molecule has 1 aliphatic carbocycles. The van der Waals surface area contributed by atoms with Gasteiger partial charge >= 0.3 is 0 Å². The quantitative estimate of drug-likeness (QED) is 0.323. The molecule has 11 heteroatoms. The number of halogens is 1. The zero-order valence-corrected chi connectivity index (χ0v) is 22.3. The summed E-state index contributed by atoms with van der Waals surface area (Å²) < 4.78 is 24.5. The lowest BCUT2D eigenvalue weighted by atomic mass is 10.0. The Morgan fingerprint density at radius 2 is 2.10 bits per heavy atom. The van der Waals surface area contributed by atoms with Gasteiger partial charge in [-0.1, -0.05) is 0 Å². The SMILES string of the molecule is COc1cc(C(=O)N2C[C@H](N)C[C@@H](F)C2)cc2nc(-c3cc4cccnc4n3CC3CC3)n(Cc3cn[nH]c3)c12. The van der Waals surface area contributed by atoms with Crippen LogP contribution in [-0.4, -0.2) is 72.5 Å². The Labute approximate surface area is 229 Å². The van der Waals surface area contributed by atoms with Gasteiger partial charge < -0.3 is 24.5 Å². The topological polar surface area (TPSA) is 120 Å². The van der Waals surface area contributed by atoms with Crippen LogP contribution < -0.4 is 10.5 Å². The number of nitrogens with two attached hydrogens (primary N) is 1. The number of aromatic amines is 1. The van der Waals surface area contributed by atoms with Crippen LogP contribution in [0.4, 0.5) is 4.39 Å². The summed E-state index contributed by atoms with van der Waals surface area (Å²) in [6.45, 7) is 1.70. The molecule has 10 nitrogen and oxygen atoms in total. The predicted octanol–water partition coefficient (Wildman–Crippen LogP) is 3.75. The maximum Gasteiger partial charge on any atom is 0.254 e. The van der Waals surface area contributed by atoms with Gasteiger partial charge in [-0.15, -0.1) is 0 Å². The van der Waals surface area contributed by atoms with E-state index in [1.807, 2.05) is 18.5 Å². The number of aromatic nitrogens is 6. The first-order valence-electron chi connectivity index (χ1n) is 13.7.